The van der Waals surface area contributed by atoms with Gasteiger partial charge in [-0.05, 0) is 55.3 Å². The van der Waals surface area contributed by atoms with E-state index in [2.05, 4.69) is 10.0 Å². The molecule has 138 valence electrons. The molecule has 3 rings (SSSR count). The van der Waals surface area contributed by atoms with Gasteiger partial charge >= 0.3 is 0 Å². The van der Waals surface area contributed by atoms with Crippen molar-refractivity contribution in [2.24, 2.45) is 0 Å². The second kappa shape index (κ2) is 8.07. The topological polar surface area (TPSA) is 84.5 Å². The van der Waals surface area contributed by atoms with Gasteiger partial charge in [-0.1, -0.05) is 17.7 Å². The van der Waals surface area contributed by atoms with E-state index in [1.807, 2.05) is 0 Å². The van der Waals surface area contributed by atoms with E-state index in [9.17, 15) is 13.2 Å². The Balaban J connectivity index is 1.52. The van der Waals surface area contributed by atoms with Crippen molar-refractivity contribution in [3.63, 3.8) is 0 Å². The third-order valence-corrected chi connectivity index (χ3v) is 5.55. The lowest BCUT2D eigenvalue weighted by Gasteiger charge is -2.09. The van der Waals surface area contributed by atoms with Gasteiger partial charge in [0.05, 0.1) is 11.4 Å². The molecule has 1 fully saturated rings. The number of carbonyl (C=O) groups is 1. The van der Waals surface area contributed by atoms with Crippen LogP contribution < -0.4 is 14.8 Å². The van der Waals surface area contributed by atoms with Gasteiger partial charge in [-0.3, -0.25) is 4.79 Å². The third kappa shape index (κ3) is 5.20. The predicted molar refractivity (Wildman–Crippen MR) is 99.1 cm³/mol. The summed E-state index contributed by atoms with van der Waals surface area (Å²) in [5.74, 6) is 0.302. The lowest BCUT2D eigenvalue weighted by Crippen LogP contribution is -2.29. The first-order chi connectivity index (χ1) is 12.4. The fraction of sp³-hybridized carbons (Fsp3) is 0.278. The summed E-state index contributed by atoms with van der Waals surface area (Å²) in [6.07, 6.45) is 1.71. The number of halogens is 1. The van der Waals surface area contributed by atoms with E-state index in [4.69, 9.17) is 16.3 Å². The number of carbonyl (C=O) groups excluding carboxylic acids is 1. The van der Waals surface area contributed by atoms with Gasteiger partial charge in [0, 0.05) is 16.6 Å². The summed E-state index contributed by atoms with van der Waals surface area (Å²) in [6, 6.07) is 12.9. The molecule has 2 aromatic rings. The highest BCUT2D eigenvalue weighted by atomic mass is 35.5. The van der Waals surface area contributed by atoms with Crippen molar-refractivity contribution in [1.29, 1.82) is 0 Å². The van der Waals surface area contributed by atoms with Crippen molar-refractivity contribution in [3.8, 4) is 5.75 Å². The number of nitrogens with one attached hydrogen (secondary N) is 2. The molecule has 1 amide bonds. The first-order valence-electron chi connectivity index (χ1n) is 8.23. The number of rotatable bonds is 8. The van der Waals surface area contributed by atoms with Crippen molar-refractivity contribution in [2.45, 2.75) is 23.8 Å². The maximum atomic E-state index is 12.2. The maximum absolute atomic E-state index is 12.2. The molecular formula is C18H19ClN2O4S. The molecule has 0 saturated heterocycles. The number of hydrogen-bond acceptors (Lipinski definition) is 4. The SMILES string of the molecule is O=C(NCCOc1ccc(Cl)cc1)c1cccc(S(=O)(=O)NC2CC2)c1. The number of hydrogen-bond donors (Lipinski definition) is 2. The number of amides is 1. The van der Waals surface area contributed by atoms with Crippen LogP contribution in [0.4, 0.5) is 0 Å². The summed E-state index contributed by atoms with van der Waals surface area (Å²) in [7, 11) is -3.58. The van der Waals surface area contributed by atoms with Crippen LogP contribution in [0.15, 0.2) is 53.4 Å². The van der Waals surface area contributed by atoms with E-state index in [-0.39, 0.29) is 29.0 Å². The van der Waals surface area contributed by atoms with Crippen LogP contribution in [0.5, 0.6) is 5.75 Å². The average molecular weight is 395 g/mol. The standard InChI is InChI=1S/C18H19ClN2O4S/c19-14-4-8-16(9-5-14)25-11-10-20-18(22)13-2-1-3-17(12-13)26(23,24)21-15-6-7-15/h1-5,8-9,12,15,21H,6-7,10-11H2,(H,20,22). The third-order valence-electron chi connectivity index (χ3n) is 3.78. The van der Waals surface area contributed by atoms with Gasteiger partial charge in [0.15, 0.2) is 0 Å². The van der Waals surface area contributed by atoms with E-state index >= 15 is 0 Å². The molecule has 8 heteroatoms. The second-order valence-corrected chi connectivity index (χ2v) is 8.13. The largest absolute Gasteiger partial charge is 0.492 e. The summed E-state index contributed by atoms with van der Waals surface area (Å²) in [6.45, 7) is 0.577. The summed E-state index contributed by atoms with van der Waals surface area (Å²) in [4.78, 5) is 12.3. The highest BCUT2D eigenvalue weighted by Crippen LogP contribution is 2.22. The molecule has 2 N–H and O–H groups in total. The van der Waals surface area contributed by atoms with Crippen LogP contribution in [0, 0.1) is 0 Å². The lowest BCUT2D eigenvalue weighted by atomic mass is 10.2. The van der Waals surface area contributed by atoms with Gasteiger partial charge in [0.2, 0.25) is 10.0 Å². The molecule has 6 nitrogen and oxygen atoms in total. The van der Waals surface area contributed by atoms with Crippen molar-refractivity contribution in [2.75, 3.05) is 13.2 Å². The van der Waals surface area contributed by atoms with Crippen LogP contribution in [0.25, 0.3) is 0 Å². The van der Waals surface area contributed by atoms with E-state index in [0.29, 0.717) is 17.3 Å². The zero-order valence-corrected chi connectivity index (χ0v) is 15.5. The zero-order chi connectivity index (χ0) is 18.6. The molecule has 1 aliphatic rings. The Labute approximate surface area is 157 Å². The quantitative estimate of drug-likeness (QED) is 0.674. The van der Waals surface area contributed by atoms with Gasteiger partial charge < -0.3 is 10.1 Å². The Kier molecular flexibility index (Phi) is 5.80. The fourth-order valence-electron chi connectivity index (χ4n) is 2.26. The molecule has 0 aromatic heterocycles. The summed E-state index contributed by atoms with van der Waals surface area (Å²) in [5, 5.41) is 3.33. The first-order valence-corrected chi connectivity index (χ1v) is 10.1. The monoisotopic (exact) mass is 394 g/mol. The van der Waals surface area contributed by atoms with Gasteiger partial charge in [-0.15, -0.1) is 0 Å². The molecule has 1 aliphatic carbocycles. The smallest absolute Gasteiger partial charge is 0.251 e. The number of benzene rings is 2. The van der Waals surface area contributed by atoms with Crippen molar-refractivity contribution in [3.05, 3.63) is 59.1 Å². The van der Waals surface area contributed by atoms with Crippen LogP contribution in [0.3, 0.4) is 0 Å². The average Bonchev–Trinajstić information content (AvgIpc) is 3.43. The molecule has 0 aliphatic heterocycles. The molecule has 26 heavy (non-hydrogen) atoms. The minimum Gasteiger partial charge on any atom is -0.492 e. The van der Waals surface area contributed by atoms with E-state index in [1.54, 1.807) is 36.4 Å². The molecule has 0 bridgehead atoms. The normalized spacial score (nSPS) is 14.0. The van der Waals surface area contributed by atoms with Gasteiger partial charge in [0.25, 0.3) is 5.91 Å². The molecule has 0 spiro atoms. The van der Waals surface area contributed by atoms with E-state index in [0.717, 1.165) is 12.8 Å². The first kappa shape index (κ1) is 18.7. The predicted octanol–water partition coefficient (Wildman–Crippen LogP) is 2.59. The number of ether oxygens (including phenoxy) is 1. The number of sulfonamides is 1. The van der Waals surface area contributed by atoms with Crippen molar-refractivity contribution < 1.29 is 17.9 Å². The van der Waals surface area contributed by atoms with Gasteiger partial charge in [-0.2, -0.15) is 0 Å². The van der Waals surface area contributed by atoms with Crippen LogP contribution in [-0.2, 0) is 10.0 Å². The second-order valence-electron chi connectivity index (χ2n) is 5.98. The van der Waals surface area contributed by atoms with Crippen LogP contribution in [0.2, 0.25) is 5.02 Å². The lowest BCUT2D eigenvalue weighted by molar-refractivity contribution is 0.0947. The molecule has 2 aromatic carbocycles. The highest BCUT2D eigenvalue weighted by molar-refractivity contribution is 7.89. The van der Waals surface area contributed by atoms with Gasteiger partial charge in [-0.25, -0.2) is 13.1 Å². The minimum absolute atomic E-state index is 0.0162. The molecule has 0 heterocycles. The van der Waals surface area contributed by atoms with Crippen molar-refractivity contribution >= 4 is 27.5 Å². The Morgan fingerprint density at radius 2 is 1.88 bits per heavy atom. The van der Waals surface area contributed by atoms with E-state index in [1.165, 1.54) is 12.1 Å². The zero-order valence-electron chi connectivity index (χ0n) is 13.9. The Morgan fingerprint density at radius 1 is 1.15 bits per heavy atom. The minimum atomic E-state index is -3.58. The summed E-state index contributed by atoms with van der Waals surface area (Å²) < 4.78 is 32.5. The highest BCUT2D eigenvalue weighted by Gasteiger charge is 2.28. The van der Waals surface area contributed by atoms with Crippen molar-refractivity contribution in [1.82, 2.24) is 10.0 Å². The maximum Gasteiger partial charge on any atom is 0.251 e. The Bertz CT molecular complexity index is 880. The van der Waals surface area contributed by atoms with Crippen LogP contribution >= 0.6 is 11.6 Å². The van der Waals surface area contributed by atoms with Crippen LogP contribution in [0.1, 0.15) is 23.2 Å². The Hall–Kier alpha value is -2.09. The molecule has 0 atom stereocenters. The van der Waals surface area contributed by atoms with E-state index < -0.39 is 10.0 Å². The van der Waals surface area contributed by atoms with Crippen LogP contribution in [-0.4, -0.2) is 33.5 Å². The fourth-order valence-corrected chi connectivity index (χ4v) is 3.74. The molecule has 0 unspecified atom stereocenters. The van der Waals surface area contributed by atoms with Gasteiger partial charge in [0.1, 0.15) is 12.4 Å². The summed E-state index contributed by atoms with van der Waals surface area (Å²) >= 11 is 5.80. The molecule has 0 radical (unpaired) electrons. The molecular weight excluding hydrogens is 376 g/mol. The molecule has 1 saturated carbocycles. The summed E-state index contributed by atoms with van der Waals surface area (Å²) in [5.41, 5.74) is 0.287. The Morgan fingerprint density at radius 3 is 2.58 bits per heavy atom.